The second kappa shape index (κ2) is 9.08. The smallest absolute Gasteiger partial charge is 0.0548 e. The van der Waals surface area contributed by atoms with E-state index in [0.29, 0.717) is 0 Å². The first-order valence-corrected chi connectivity index (χ1v) is 18.0. The Morgan fingerprint density at radius 2 is 0.938 bits per heavy atom. The van der Waals surface area contributed by atoms with Gasteiger partial charge in [0.05, 0.1) is 22.1 Å². The van der Waals surface area contributed by atoms with E-state index in [9.17, 15) is 0 Å². The molecular formula is C46H36N2. The summed E-state index contributed by atoms with van der Waals surface area (Å²) in [6.45, 7) is 0. The van der Waals surface area contributed by atoms with E-state index in [-0.39, 0.29) is 5.41 Å². The number of nitrogens with zero attached hydrogens (tertiary/aromatic N) is 2. The van der Waals surface area contributed by atoms with Crippen molar-refractivity contribution in [1.82, 2.24) is 9.13 Å². The summed E-state index contributed by atoms with van der Waals surface area (Å²) in [5.41, 5.74) is 13.9. The molecule has 0 amide bonds. The zero-order valence-corrected chi connectivity index (χ0v) is 26.9. The van der Waals surface area contributed by atoms with E-state index in [1.165, 1.54) is 98.2 Å². The standard InChI is InChI=1S/C46H36N2/c1-2-10-32(11-3-1)47-42-16-8-5-13-36(42)38-27-45-39(26-44(38)47)37-14-6-9-17-43(37)48(45)33-18-19-35-34-12-4-7-15-40(34)46(41(35)25-33)30-21-28-20-29(23-30)24-31(46)22-28/h1-19,25-31H,20-24H2. The predicted octanol–water partition coefficient (Wildman–Crippen LogP) is 11.6. The fourth-order valence-corrected chi connectivity index (χ4v) is 11.8. The molecule has 230 valence electrons. The third-order valence-electron chi connectivity index (χ3n) is 13.3. The summed E-state index contributed by atoms with van der Waals surface area (Å²) in [6.07, 6.45) is 7.11. The van der Waals surface area contributed by atoms with Gasteiger partial charge in [0.2, 0.25) is 0 Å². The van der Waals surface area contributed by atoms with Gasteiger partial charge >= 0.3 is 0 Å². The van der Waals surface area contributed by atoms with Crippen LogP contribution in [0.5, 0.6) is 0 Å². The minimum atomic E-state index is 0.157. The van der Waals surface area contributed by atoms with Crippen LogP contribution in [0.15, 0.2) is 133 Å². The molecule has 0 radical (unpaired) electrons. The Kier molecular flexibility index (Phi) is 4.91. The average Bonchev–Trinajstić information content (AvgIpc) is 3.73. The Morgan fingerprint density at radius 3 is 1.60 bits per heavy atom. The molecule has 48 heavy (non-hydrogen) atoms. The number of para-hydroxylation sites is 3. The predicted molar refractivity (Wildman–Crippen MR) is 198 cm³/mol. The minimum Gasteiger partial charge on any atom is -0.309 e. The lowest BCUT2D eigenvalue weighted by Crippen LogP contribution is -2.55. The molecule has 5 aliphatic carbocycles. The van der Waals surface area contributed by atoms with Crippen LogP contribution >= 0.6 is 0 Å². The molecule has 13 rings (SSSR count). The number of hydrogen-bond donors (Lipinski definition) is 0. The third kappa shape index (κ3) is 3.10. The highest BCUT2D eigenvalue weighted by molar-refractivity contribution is 6.19. The molecule has 2 aromatic heterocycles. The van der Waals surface area contributed by atoms with Gasteiger partial charge in [-0.15, -0.1) is 0 Å². The SMILES string of the molecule is c1ccc(-n2c3ccccc3c3cc4c(cc32)c2ccccc2n4-c2ccc3c(c2)C2(c4ccccc4-3)C3CC4CC(C3)CC2C4)cc1. The molecule has 4 saturated carbocycles. The minimum absolute atomic E-state index is 0.157. The molecule has 0 atom stereocenters. The summed E-state index contributed by atoms with van der Waals surface area (Å²) < 4.78 is 5.02. The summed E-state index contributed by atoms with van der Waals surface area (Å²) >= 11 is 0. The van der Waals surface area contributed by atoms with Gasteiger partial charge < -0.3 is 9.13 Å². The maximum absolute atomic E-state index is 2.64. The van der Waals surface area contributed by atoms with Crippen LogP contribution in [0, 0.1) is 23.7 Å². The van der Waals surface area contributed by atoms with Gasteiger partial charge in [0.1, 0.15) is 0 Å². The van der Waals surface area contributed by atoms with Crippen LogP contribution in [0.3, 0.4) is 0 Å². The van der Waals surface area contributed by atoms with Crippen molar-refractivity contribution in [3.63, 3.8) is 0 Å². The second-order valence-corrected chi connectivity index (χ2v) is 15.4. The van der Waals surface area contributed by atoms with Gasteiger partial charge in [0.15, 0.2) is 0 Å². The van der Waals surface area contributed by atoms with E-state index >= 15 is 0 Å². The van der Waals surface area contributed by atoms with E-state index in [0.717, 1.165) is 23.7 Å². The summed E-state index contributed by atoms with van der Waals surface area (Å²) in [4.78, 5) is 0. The summed E-state index contributed by atoms with van der Waals surface area (Å²) in [7, 11) is 0. The largest absolute Gasteiger partial charge is 0.309 e. The van der Waals surface area contributed by atoms with E-state index in [2.05, 4.69) is 143 Å². The topological polar surface area (TPSA) is 9.86 Å². The van der Waals surface area contributed by atoms with Gasteiger partial charge in [-0.1, -0.05) is 84.9 Å². The average molecular weight is 617 g/mol. The Labute approximate surface area is 280 Å². The number of fused-ring (bicyclic) bond motifs is 9. The highest BCUT2D eigenvalue weighted by Gasteiger charge is 2.61. The monoisotopic (exact) mass is 616 g/mol. The number of hydrogen-bond acceptors (Lipinski definition) is 0. The van der Waals surface area contributed by atoms with Crippen LogP contribution in [0.4, 0.5) is 0 Å². The van der Waals surface area contributed by atoms with E-state index in [1.807, 2.05) is 0 Å². The van der Waals surface area contributed by atoms with Gasteiger partial charge in [0, 0.05) is 38.3 Å². The maximum atomic E-state index is 2.64. The second-order valence-electron chi connectivity index (χ2n) is 15.4. The zero-order valence-electron chi connectivity index (χ0n) is 26.9. The molecule has 2 nitrogen and oxygen atoms in total. The van der Waals surface area contributed by atoms with Crippen LogP contribution in [-0.4, -0.2) is 9.13 Å². The lowest BCUT2D eigenvalue weighted by atomic mass is 9.43. The van der Waals surface area contributed by atoms with Crippen molar-refractivity contribution in [3.05, 3.63) is 145 Å². The van der Waals surface area contributed by atoms with E-state index in [4.69, 9.17) is 0 Å². The van der Waals surface area contributed by atoms with Crippen molar-refractivity contribution >= 4 is 43.6 Å². The van der Waals surface area contributed by atoms with Crippen LogP contribution in [0.25, 0.3) is 66.1 Å². The maximum Gasteiger partial charge on any atom is 0.0548 e. The van der Waals surface area contributed by atoms with Gasteiger partial charge in [-0.25, -0.2) is 0 Å². The molecule has 2 heterocycles. The summed E-state index contributed by atoms with van der Waals surface area (Å²) in [5, 5.41) is 5.22. The first kappa shape index (κ1) is 25.9. The summed E-state index contributed by atoms with van der Waals surface area (Å²) in [5.74, 6) is 3.40. The highest BCUT2D eigenvalue weighted by Crippen LogP contribution is 2.69. The Morgan fingerprint density at radius 1 is 0.396 bits per heavy atom. The van der Waals surface area contributed by atoms with Crippen molar-refractivity contribution in [2.75, 3.05) is 0 Å². The molecule has 5 aliphatic rings. The number of aromatic nitrogens is 2. The van der Waals surface area contributed by atoms with Gasteiger partial charge in [-0.05, 0) is 127 Å². The van der Waals surface area contributed by atoms with Gasteiger partial charge in [-0.3, -0.25) is 0 Å². The fourth-order valence-electron chi connectivity index (χ4n) is 11.8. The number of benzene rings is 6. The number of rotatable bonds is 2. The van der Waals surface area contributed by atoms with Gasteiger partial charge in [-0.2, -0.15) is 0 Å². The quantitative estimate of drug-likeness (QED) is 0.183. The Balaban J connectivity index is 1.15. The van der Waals surface area contributed by atoms with Crippen molar-refractivity contribution < 1.29 is 0 Å². The molecule has 8 aromatic rings. The van der Waals surface area contributed by atoms with E-state index in [1.54, 1.807) is 11.1 Å². The lowest BCUT2D eigenvalue weighted by Gasteiger charge is -2.61. The van der Waals surface area contributed by atoms with Crippen LogP contribution in [0.1, 0.15) is 43.2 Å². The van der Waals surface area contributed by atoms with Crippen molar-refractivity contribution in [2.45, 2.75) is 37.5 Å². The molecule has 0 saturated heterocycles. The highest BCUT2D eigenvalue weighted by atomic mass is 15.0. The normalized spacial score (nSPS) is 25.2. The summed E-state index contributed by atoms with van der Waals surface area (Å²) in [6, 6.07) is 50.7. The fraction of sp³-hybridized carbons (Fsp3) is 0.217. The van der Waals surface area contributed by atoms with Gasteiger partial charge in [0.25, 0.3) is 0 Å². The third-order valence-corrected chi connectivity index (χ3v) is 13.3. The first-order valence-electron chi connectivity index (χ1n) is 18.0. The van der Waals surface area contributed by atoms with Crippen LogP contribution < -0.4 is 0 Å². The van der Waals surface area contributed by atoms with Crippen molar-refractivity contribution in [1.29, 1.82) is 0 Å². The molecule has 2 heteroatoms. The Hall–Kier alpha value is -5.08. The molecule has 1 spiro atoms. The molecule has 0 unspecified atom stereocenters. The van der Waals surface area contributed by atoms with Crippen molar-refractivity contribution in [3.8, 4) is 22.5 Å². The molecular weight excluding hydrogens is 581 g/mol. The zero-order chi connectivity index (χ0) is 31.1. The Bertz CT molecular complexity index is 2610. The van der Waals surface area contributed by atoms with Crippen LogP contribution in [-0.2, 0) is 5.41 Å². The lowest BCUT2D eigenvalue weighted by molar-refractivity contribution is -0.0399. The molecule has 6 aromatic carbocycles. The molecule has 0 N–H and O–H groups in total. The first-order chi connectivity index (χ1) is 23.8. The van der Waals surface area contributed by atoms with Crippen LogP contribution in [0.2, 0.25) is 0 Å². The molecule has 4 bridgehead atoms. The molecule has 0 aliphatic heterocycles. The molecule has 4 fully saturated rings. The van der Waals surface area contributed by atoms with E-state index < -0.39 is 0 Å². The van der Waals surface area contributed by atoms with Crippen molar-refractivity contribution in [2.24, 2.45) is 23.7 Å².